The molecule has 0 fully saturated rings. The number of anilines is 1. The molecular weight excluding hydrogens is 369 g/mol. The zero-order valence-electron chi connectivity index (χ0n) is 14.9. The average molecular weight is 387 g/mol. The fraction of sp³-hybridized carbons (Fsp3) is 0.250. The van der Waals surface area contributed by atoms with Crippen LogP contribution in [0.2, 0.25) is 0 Å². The molecule has 1 aliphatic rings. The minimum atomic E-state index is -0.945. The highest BCUT2D eigenvalue weighted by molar-refractivity contribution is 6.02. The second kappa shape index (κ2) is 8.51. The molecule has 146 valence electrons. The molecule has 2 aromatic rings. The van der Waals surface area contributed by atoms with Crippen molar-refractivity contribution in [2.45, 2.75) is 12.8 Å². The Labute approximate surface area is 160 Å². The summed E-state index contributed by atoms with van der Waals surface area (Å²) in [5, 5.41) is 8.78. The van der Waals surface area contributed by atoms with Crippen molar-refractivity contribution >= 4 is 23.3 Å². The molecule has 0 saturated heterocycles. The summed E-state index contributed by atoms with van der Waals surface area (Å²) in [6.07, 6.45) is 0.210. The lowest BCUT2D eigenvalue weighted by molar-refractivity contribution is -0.137. The number of carbonyl (C=O) groups is 3. The Morgan fingerprint density at radius 3 is 2.79 bits per heavy atom. The number of nitrogens with zero attached hydrogens (tertiary/aromatic N) is 1. The topological polar surface area (TPSA) is 93.1 Å². The van der Waals surface area contributed by atoms with Gasteiger partial charge in [0, 0.05) is 24.6 Å². The molecule has 0 bridgehead atoms. The van der Waals surface area contributed by atoms with E-state index in [1.54, 1.807) is 18.2 Å². The molecule has 0 aromatic heterocycles. The maximum atomic E-state index is 13.2. The number of carboxylic acids is 1. The lowest BCUT2D eigenvalue weighted by Crippen LogP contribution is -2.39. The Morgan fingerprint density at radius 1 is 1.21 bits per heavy atom. The van der Waals surface area contributed by atoms with Gasteiger partial charge < -0.3 is 19.5 Å². The Hall–Kier alpha value is -3.42. The highest BCUT2D eigenvalue weighted by atomic mass is 19.1. The second-order valence-corrected chi connectivity index (χ2v) is 6.18. The molecule has 1 aliphatic heterocycles. The van der Waals surface area contributed by atoms with E-state index in [1.165, 1.54) is 29.2 Å². The van der Waals surface area contributed by atoms with Gasteiger partial charge in [-0.2, -0.15) is 0 Å². The number of carboxylic acid groups (broad SMARTS) is 1. The molecule has 1 amide bonds. The third kappa shape index (κ3) is 4.64. The number of halogens is 1. The first-order chi connectivity index (χ1) is 13.4. The van der Waals surface area contributed by atoms with E-state index < -0.39 is 11.8 Å². The fourth-order valence-electron chi connectivity index (χ4n) is 2.80. The van der Waals surface area contributed by atoms with Crippen LogP contribution in [0.25, 0.3) is 0 Å². The van der Waals surface area contributed by atoms with Crippen molar-refractivity contribution in [3.8, 4) is 11.5 Å². The Kier molecular flexibility index (Phi) is 5.88. The summed E-state index contributed by atoms with van der Waals surface area (Å²) in [5.74, 6) is -1.39. The molecule has 1 N–H and O–H groups in total. The van der Waals surface area contributed by atoms with Gasteiger partial charge in [-0.1, -0.05) is 6.07 Å². The van der Waals surface area contributed by atoms with Gasteiger partial charge in [-0.15, -0.1) is 0 Å². The first-order valence-corrected chi connectivity index (χ1v) is 8.64. The number of ketones is 1. The largest absolute Gasteiger partial charge is 0.485 e. The van der Waals surface area contributed by atoms with Crippen LogP contribution >= 0.6 is 0 Å². The average Bonchev–Trinajstić information content (AvgIpc) is 2.67. The Balaban J connectivity index is 1.73. The van der Waals surface area contributed by atoms with Gasteiger partial charge >= 0.3 is 5.97 Å². The van der Waals surface area contributed by atoms with Crippen molar-refractivity contribution in [1.82, 2.24) is 0 Å². The smallest absolute Gasteiger partial charge is 0.303 e. The molecule has 2 aromatic carbocycles. The first-order valence-electron chi connectivity index (χ1n) is 8.64. The quantitative estimate of drug-likeness (QED) is 0.700. The fourth-order valence-corrected chi connectivity index (χ4v) is 2.80. The third-order valence-electron chi connectivity index (χ3n) is 4.16. The summed E-state index contributed by atoms with van der Waals surface area (Å²) >= 11 is 0. The van der Waals surface area contributed by atoms with Gasteiger partial charge in [-0.25, -0.2) is 4.39 Å². The maximum absolute atomic E-state index is 13.2. The van der Waals surface area contributed by atoms with Crippen LogP contribution in [0.15, 0.2) is 42.5 Å². The van der Waals surface area contributed by atoms with Crippen LogP contribution in [0.4, 0.5) is 10.1 Å². The van der Waals surface area contributed by atoms with E-state index in [4.69, 9.17) is 14.6 Å². The third-order valence-corrected chi connectivity index (χ3v) is 4.16. The van der Waals surface area contributed by atoms with Crippen molar-refractivity contribution < 1.29 is 33.4 Å². The van der Waals surface area contributed by atoms with Crippen LogP contribution in [0.3, 0.4) is 0 Å². The van der Waals surface area contributed by atoms with Crippen LogP contribution in [0.5, 0.6) is 11.5 Å². The zero-order valence-corrected chi connectivity index (χ0v) is 14.9. The maximum Gasteiger partial charge on any atom is 0.303 e. The minimum absolute atomic E-state index is 0.0694. The Bertz CT molecular complexity index is 913. The summed E-state index contributed by atoms with van der Waals surface area (Å²) in [6.45, 7) is -0.231. The predicted molar refractivity (Wildman–Crippen MR) is 97.4 cm³/mol. The van der Waals surface area contributed by atoms with Gasteiger partial charge in [0.05, 0.1) is 5.69 Å². The van der Waals surface area contributed by atoms with Crippen LogP contribution in [-0.2, 0) is 9.59 Å². The number of hydrogen-bond acceptors (Lipinski definition) is 5. The normalized spacial score (nSPS) is 12.9. The van der Waals surface area contributed by atoms with E-state index >= 15 is 0 Å². The van der Waals surface area contributed by atoms with Gasteiger partial charge in [0.2, 0.25) is 0 Å². The summed E-state index contributed by atoms with van der Waals surface area (Å²) < 4.78 is 23.9. The van der Waals surface area contributed by atoms with Crippen LogP contribution in [0, 0.1) is 5.82 Å². The Morgan fingerprint density at radius 2 is 2.04 bits per heavy atom. The van der Waals surface area contributed by atoms with Gasteiger partial charge in [0.1, 0.15) is 17.3 Å². The molecule has 0 spiro atoms. The second-order valence-electron chi connectivity index (χ2n) is 6.18. The lowest BCUT2D eigenvalue weighted by atomic mass is 10.1. The molecule has 0 saturated carbocycles. The van der Waals surface area contributed by atoms with Gasteiger partial charge in [0.25, 0.3) is 5.91 Å². The molecule has 0 unspecified atom stereocenters. The van der Waals surface area contributed by atoms with E-state index in [-0.39, 0.29) is 50.0 Å². The summed E-state index contributed by atoms with van der Waals surface area (Å²) in [5.41, 5.74) is 0.718. The molecule has 0 radical (unpaired) electrons. The molecule has 7 nitrogen and oxygen atoms in total. The number of amides is 1. The molecule has 3 rings (SSSR count). The molecule has 28 heavy (non-hydrogen) atoms. The lowest BCUT2D eigenvalue weighted by Gasteiger charge is -2.29. The molecule has 0 aliphatic carbocycles. The first kappa shape index (κ1) is 19.3. The number of fused-ring (bicyclic) bond motifs is 1. The van der Waals surface area contributed by atoms with Crippen molar-refractivity contribution in [1.29, 1.82) is 0 Å². The van der Waals surface area contributed by atoms with E-state index in [9.17, 15) is 18.8 Å². The molecule has 0 atom stereocenters. The van der Waals surface area contributed by atoms with Gasteiger partial charge in [-0.3, -0.25) is 14.4 Å². The summed E-state index contributed by atoms with van der Waals surface area (Å²) in [6, 6.07) is 10.1. The number of aliphatic carboxylic acids is 1. The van der Waals surface area contributed by atoms with Crippen LogP contribution in [0.1, 0.15) is 23.2 Å². The summed E-state index contributed by atoms with van der Waals surface area (Å²) in [4.78, 5) is 36.7. The minimum Gasteiger partial charge on any atom is -0.485 e. The van der Waals surface area contributed by atoms with Crippen molar-refractivity contribution in [2.24, 2.45) is 0 Å². The number of hydrogen-bond donors (Lipinski definition) is 1. The molecule has 8 heteroatoms. The van der Waals surface area contributed by atoms with Crippen molar-refractivity contribution in [3.05, 3.63) is 53.8 Å². The van der Waals surface area contributed by atoms with E-state index in [0.29, 0.717) is 17.0 Å². The predicted octanol–water partition coefficient (Wildman–Crippen LogP) is 2.68. The van der Waals surface area contributed by atoms with Crippen molar-refractivity contribution in [2.75, 3.05) is 24.7 Å². The highest BCUT2D eigenvalue weighted by Gasteiger charge is 2.26. The summed E-state index contributed by atoms with van der Waals surface area (Å²) in [7, 11) is 0. The molecular formula is C20H18FNO6. The van der Waals surface area contributed by atoms with Crippen LogP contribution < -0.4 is 14.4 Å². The zero-order chi connectivity index (χ0) is 20.1. The monoisotopic (exact) mass is 387 g/mol. The SMILES string of the molecule is O=C(O)CCCN1C(=O)COc2ccc(C(=O)COc3cccc(F)c3)cc21. The van der Waals surface area contributed by atoms with E-state index in [0.717, 1.165) is 0 Å². The highest BCUT2D eigenvalue weighted by Crippen LogP contribution is 2.33. The standard InChI is InChI=1S/C20H18FNO6/c21-14-3-1-4-15(10-14)27-11-17(23)13-6-7-18-16(9-13)22(19(24)12-28-18)8-2-5-20(25)26/h1,3-4,6-7,9-10H,2,5,8,11-12H2,(H,25,26). The van der Waals surface area contributed by atoms with Gasteiger partial charge in [-0.05, 0) is 36.8 Å². The number of rotatable bonds is 8. The number of ether oxygens (including phenoxy) is 2. The van der Waals surface area contributed by atoms with Crippen molar-refractivity contribution in [3.63, 3.8) is 0 Å². The number of benzene rings is 2. The van der Waals surface area contributed by atoms with Crippen LogP contribution in [-0.4, -0.2) is 42.5 Å². The van der Waals surface area contributed by atoms with Gasteiger partial charge in [0.15, 0.2) is 19.0 Å². The number of Topliss-reactive ketones (excluding diaryl/α,β-unsaturated/α-hetero) is 1. The molecule has 1 heterocycles. The number of carbonyl (C=O) groups excluding carboxylic acids is 2. The van der Waals surface area contributed by atoms with E-state index in [2.05, 4.69) is 0 Å². The van der Waals surface area contributed by atoms with E-state index in [1.807, 2.05) is 0 Å².